The Balaban J connectivity index is 1.63. The van der Waals surface area contributed by atoms with Crippen LogP contribution in [-0.2, 0) is 9.59 Å². The molecule has 1 aromatic heterocycles. The van der Waals surface area contributed by atoms with E-state index < -0.39 is 6.61 Å². The van der Waals surface area contributed by atoms with Gasteiger partial charge in [-0.25, -0.2) is 4.98 Å². The molecule has 1 amide bonds. The molecule has 156 valence electrons. The van der Waals surface area contributed by atoms with Gasteiger partial charge in [-0.1, -0.05) is 18.2 Å². The zero-order valence-corrected chi connectivity index (χ0v) is 17.0. The van der Waals surface area contributed by atoms with Crippen LogP contribution >= 0.6 is 0 Å². The predicted molar refractivity (Wildman–Crippen MR) is 116 cm³/mol. The van der Waals surface area contributed by atoms with Gasteiger partial charge in [-0.3, -0.25) is 9.59 Å². The summed E-state index contributed by atoms with van der Waals surface area (Å²) < 4.78 is 5.22. The second-order valence-electron chi connectivity index (χ2n) is 7.17. The fourth-order valence-electron chi connectivity index (χ4n) is 3.47. The molecule has 0 saturated carbocycles. The minimum atomic E-state index is -0.530. The summed E-state index contributed by atoms with van der Waals surface area (Å²) in [6.45, 7) is 0.905. The van der Waals surface area contributed by atoms with Gasteiger partial charge >= 0.3 is 0 Å². The topological polar surface area (TPSA) is 79.7 Å². The van der Waals surface area contributed by atoms with Crippen LogP contribution in [0.3, 0.4) is 0 Å². The monoisotopic (exact) mass is 406 g/mol. The van der Waals surface area contributed by atoms with Crippen LogP contribution in [0.15, 0.2) is 54.6 Å². The number of benzene rings is 1. The molecule has 1 aromatic carbocycles. The molecule has 1 aliphatic rings. The molecule has 1 aliphatic heterocycles. The number of nitrogens with zero attached hydrogens (tertiary/aromatic N) is 2. The highest BCUT2D eigenvalue weighted by molar-refractivity contribution is 5.94. The van der Waals surface area contributed by atoms with Crippen molar-refractivity contribution in [1.29, 1.82) is 0 Å². The lowest BCUT2D eigenvalue weighted by Crippen LogP contribution is -2.38. The van der Waals surface area contributed by atoms with Crippen molar-refractivity contribution in [1.82, 2.24) is 9.88 Å². The summed E-state index contributed by atoms with van der Waals surface area (Å²) in [5, 5.41) is 8.77. The number of aromatic nitrogens is 1. The molecule has 2 aromatic rings. The number of aliphatic hydroxyl groups excluding tert-OH is 1. The number of ketones is 1. The molecule has 1 saturated heterocycles. The third-order valence-electron chi connectivity index (χ3n) is 5.10. The van der Waals surface area contributed by atoms with E-state index in [1.165, 1.54) is 11.6 Å². The first-order valence-electron chi connectivity index (χ1n) is 9.99. The Hall–Kier alpha value is -3.25. The number of ether oxygens (including phenoxy) is 1. The summed E-state index contributed by atoms with van der Waals surface area (Å²) in [5.74, 6) is 0.726. The highest BCUT2D eigenvalue weighted by Gasteiger charge is 2.23. The summed E-state index contributed by atoms with van der Waals surface area (Å²) in [7, 11) is 1.65. The van der Waals surface area contributed by atoms with E-state index in [1.807, 2.05) is 17.0 Å². The molecule has 6 nitrogen and oxygen atoms in total. The predicted octanol–water partition coefficient (Wildman–Crippen LogP) is 3.08. The number of methoxy groups -OCH3 is 1. The van der Waals surface area contributed by atoms with E-state index in [2.05, 4.69) is 17.1 Å². The van der Waals surface area contributed by atoms with Crippen molar-refractivity contribution in [3.05, 3.63) is 71.6 Å². The first kappa shape index (κ1) is 21.5. The number of hydrogen-bond donors (Lipinski definition) is 1. The molecular weight excluding hydrogens is 380 g/mol. The van der Waals surface area contributed by atoms with Crippen molar-refractivity contribution in [2.24, 2.45) is 0 Å². The number of carbonyl (C=O) groups excluding carboxylic acids is 2. The molecule has 0 radical (unpaired) electrons. The third kappa shape index (κ3) is 5.87. The van der Waals surface area contributed by atoms with Gasteiger partial charge in [0.1, 0.15) is 12.4 Å². The zero-order chi connectivity index (χ0) is 21.3. The average Bonchev–Trinajstić information content (AvgIpc) is 2.81. The SMILES string of the molecule is COc1ccc(C2CCCN(C(=O)/C=C/c3cccc(/C=C/C(=O)CO)n3)C2)cc1. The van der Waals surface area contributed by atoms with Crippen LogP contribution in [0.4, 0.5) is 0 Å². The Morgan fingerprint density at radius 3 is 2.50 bits per heavy atom. The van der Waals surface area contributed by atoms with Crippen molar-refractivity contribution in [2.75, 3.05) is 26.8 Å². The smallest absolute Gasteiger partial charge is 0.246 e. The van der Waals surface area contributed by atoms with Crippen LogP contribution in [0.5, 0.6) is 5.75 Å². The summed E-state index contributed by atoms with van der Waals surface area (Å²) in [4.78, 5) is 30.1. The summed E-state index contributed by atoms with van der Waals surface area (Å²) in [5.41, 5.74) is 2.44. The number of pyridine rings is 1. The third-order valence-corrected chi connectivity index (χ3v) is 5.10. The first-order valence-corrected chi connectivity index (χ1v) is 9.99. The van der Waals surface area contributed by atoms with Gasteiger partial charge in [-0.2, -0.15) is 0 Å². The van der Waals surface area contributed by atoms with Gasteiger partial charge in [0, 0.05) is 25.1 Å². The van der Waals surface area contributed by atoms with E-state index in [9.17, 15) is 9.59 Å². The lowest BCUT2D eigenvalue weighted by atomic mass is 9.90. The normalized spacial score (nSPS) is 16.9. The van der Waals surface area contributed by atoms with Gasteiger partial charge < -0.3 is 14.7 Å². The maximum Gasteiger partial charge on any atom is 0.246 e. The minimum absolute atomic E-state index is 0.0357. The van der Waals surface area contributed by atoms with Gasteiger partial charge in [-0.05, 0) is 60.9 Å². The number of amides is 1. The molecule has 0 spiro atoms. The number of carbonyl (C=O) groups is 2. The first-order chi connectivity index (χ1) is 14.6. The molecule has 30 heavy (non-hydrogen) atoms. The fraction of sp³-hybridized carbons (Fsp3) is 0.292. The van der Waals surface area contributed by atoms with Crippen LogP contribution in [0.25, 0.3) is 12.2 Å². The number of aliphatic hydroxyl groups is 1. The number of rotatable bonds is 7. The van der Waals surface area contributed by atoms with Crippen molar-refractivity contribution in [3.63, 3.8) is 0 Å². The Labute approximate surface area is 176 Å². The van der Waals surface area contributed by atoms with Crippen molar-refractivity contribution >= 4 is 23.8 Å². The number of likely N-dealkylation sites (tertiary alicyclic amines) is 1. The van der Waals surface area contributed by atoms with E-state index in [0.29, 0.717) is 23.9 Å². The largest absolute Gasteiger partial charge is 0.497 e. The van der Waals surface area contributed by atoms with Crippen molar-refractivity contribution < 1.29 is 19.4 Å². The van der Waals surface area contributed by atoms with Crippen molar-refractivity contribution in [3.8, 4) is 5.75 Å². The molecule has 1 fully saturated rings. The maximum absolute atomic E-state index is 12.7. The van der Waals surface area contributed by atoms with Crippen LogP contribution in [0.2, 0.25) is 0 Å². The summed E-state index contributed by atoms with van der Waals surface area (Å²) >= 11 is 0. The average molecular weight is 406 g/mol. The van der Waals surface area contributed by atoms with E-state index in [1.54, 1.807) is 43.5 Å². The standard InChI is InChI=1S/C24H26N2O4/c1-30-23-12-7-18(8-13-23)19-4-3-15-26(16-19)24(29)14-10-21-6-2-5-20(25-21)9-11-22(28)17-27/h2,5-14,19,27H,3-4,15-17H2,1H3/b11-9+,14-10+. The molecule has 1 unspecified atom stereocenters. The fourth-order valence-corrected chi connectivity index (χ4v) is 3.47. The number of piperidine rings is 1. The highest BCUT2D eigenvalue weighted by atomic mass is 16.5. The molecule has 3 rings (SSSR count). The quantitative estimate of drug-likeness (QED) is 0.715. The molecule has 2 heterocycles. The lowest BCUT2D eigenvalue weighted by molar-refractivity contribution is -0.127. The second-order valence-corrected chi connectivity index (χ2v) is 7.17. The Kier molecular flexibility index (Phi) is 7.51. The zero-order valence-electron chi connectivity index (χ0n) is 17.0. The summed E-state index contributed by atoms with van der Waals surface area (Å²) in [6.07, 6.45) is 8.08. The van der Waals surface area contributed by atoms with Crippen LogP contribution in [0.1, 0.15) is 35.7 Å². The van der Waals surface area contributed by atoms with Crippen LogP contribution in [-0.4, -0.2) is 53.5 Å². The van der Waals surface area contributed by atoms with E-state index in [4.69, 9.17) is 9.84 Å². The van der Waals surface area contributed by atoms with Gasteiger partial charge in [0.25, 0.3) is 0 Å². The molecular formula is C24H26N2O4. The molecule has 6 heteroatoms. The maximum atomic E-state index is 12.7. The lowest BCUT2D eigenvalue weighted by Gasteiger charge is -2.32. The molecule has 0 bridgehead atoms. The molecule has 1 N–H and O–H groups in total. The Morgan fingerprint density at radius 2 is 1.83 bits per heavy atom. The highest BCUT2D eigenvalue weighted by Crippen LogP contribution is 2.28. The minimum Gasteiger partial charge on any atom is -0.497 e. The Morgan fingerprint density at radius 1 is 1.13 bits per heavy atom. The van der Waals surface area contributed by atoms with Gasteiger partial charge in [0.15, 0.2) is 5.78 Å². The van der Waals surface area contributed by atoms with Crippen LogP contribution < -0.4 is 4.74 Å². The van der Waals surface area contributed by atoms with E-state index in [0.717, 1.165) is 25.1 Å². The van der Waals surface area contributed by atoms with E-state index in [-0.39, 0.29) is 11.7 Å². The number of hydrogen-bond acceptors (Lipinski definition) is 5. The second kappa shape index (κ2) is 10.5. The van der Waals surface area contributed by atoms with Gasteiger partial charge in [0.2, 0.25) is 5.91 Å². The molecule has 0 aliphatic carbocycles. The van der Waals surface area contributed by atoms with Crippen molar-refractivity contribution in [2.45, 2.75) is 18.8 Å². The van der Waals surface area contributed by atoms with E-state index >= 15 is 0 Å². The van der Waals surface area contributed by atoms with Gasteiger partial charge in [-0.15, -0.1) is 0 Å². The van der Waals surface area contributed by atoms with Gasteiger partial charge in [0.05, 0.1) is 18.5 Å². The summed E-state index contributed by atoms with van der Waals surface area (Å²) in [6, 6.07) is 13.4. The van der Waals surface area contributed by atoms with Crippen LogP contribution in [0, 0.1) is 0 Å². The molecule has 1 atom stereocenters. The Bertz CT molecular complexity index is 934.